The van der Waals surface area contributed by atoms with Gasteiger partial charge in [0.25, 0.3) is 0 Å². The van der Waals surface area contributed by atoms with Crippen molar-refractivity contribution in [3.8, 4) is 0 Å². The highest BCUT2D eigenvalue weighted by Crippen LogP contribution is 2.15. The third kappa shape index (κ3) is 5.84. The molecule has 0 aliphatic carbocycles. The second-order valence-electron chi connectivity index (χ2n) is 4.96. The number of rotatable bonds is 7. The fourth-order valence-corrected chi connectivity index (χ4v) is 2.20. The van der Waals surface area contributed by atoms with Crippen LogP contribution in [0.15, 0.2) is 67.3 Å². The molecule has 0 unspecified atom stereocenters. The molecule has 0 spiro atoms. The van der Waals surface area contributed by atoms with Gasteiger partial charge >= 0.3 is 0 Å². The van der Waals surface area contributed by atoms with Crippen LogP contribution in [0.25, 0.3) is 12.2 Å². The average molecular weight is 317 g/mol. The van der Waals surface area contributed by atoms with Gasteiger partial charge in [0.15, 0.2) is 0 Å². The Balaban J connectivity index is 3.06. The minimum atomic E-state index is 0.987. The lowest BCUT2D eigenvalue weighted by atomic mass is 10.0. The lowest BCUT2D eigenvalue weighted by molar-refractivity contribution is 1.45. The van der Waals surface area contributed by atoms with E-state index in [2.05, 4.69) is 64.1 Å². The van der Waals surface area contributed by atoms with Crippen molar-refractivity contribution in [1.82, 2.24) is 0 Å². The topological polar surface area (TPSA) is 0 Å². The minimum Gasteiger partial charge on any atom is -0.0990 e. The summed E-state index contributed by atoms with van der Waals surface area (Å²) >= 11 is 0. The largest absolute Gasteiger partial charge is 0.0990 e. The minimum absolute atomic E-state index is 0.987. The molecular formula is C20H20Si2. The quantitative estimate of drug-likeness (QED) is 0.526. The van der Waals surface area contributed by atoms with Crippen LogP contribution in [-0.2, 0) is 0 Å². The number of aryl methyl sites for hydroxylation is 1. The van der Waals surface area contributed by atoms with Gasteiger partial charge in [0.1, 0.15) is 0 Å². The van der Waals surface area contributed by atoms with Gasteiger partial charge in [-0.25, -0.2) is 0 Å². The van der Waals surface area contributed by atoms with Crippen molar-refractivity contribution in [2.75, 3.05) is 0 Å². The molecule has 0 saturated heterocycles. The number of benzene rings is 1. The average Bonchev–Trinajstić information content (AvgIpc) is 2.49. The van der Waals surface area contributed by atoms with Crippen LogP contribution >= 0.6 is 0 Å². The van der Waals surface area contributed by atoms with Gasteiger partial charge in [-0.1, -0.05) is 84.6 Å². The van der Waals surface area contributed by atoms with Crippen LogP contribution in [0.5, 0.6) is 0 Å². The molecule has 22 heavy (non-hydrogen) atoms. The maximum absolute atomic E-state index is 3.86. The van der Waals surface area contributed by atoms with Crippen molar-refractivity contribution >= 4 is 42.2 Å². The summed E-state index contributed by atoms with van der Waals surface area (Å²) in [6.45, 7) is 11.7. The van der Waals surface area contributed by atoms with Crippen molar-refractivity contribution in [3.05, 3.63) is 84.0 Å². The van der Waals surface area contributed by atoms with E-state index in [9.17, 15) is 0 Å². The Morgan fingerprint density at radius 1 is 1.05 bits per heavy atom. The molecule has 1 aromatic rings. The van der Waals surface area contributed by atoms with E-state index in [-0.39, 0.29) is 0 Å². The fourth-order valence-electron chi connectivity index (χ4n) is 1.87. The summed E-state index contributed by atoms with van der Waals surface area (Å²) in [5.74, 6) is 0. The van der Waals surface area contributed by atoms with Crippen molar-refractivity contribution in [1.29, 1.82) is 0 Å². The molecule has 4 radical (unpaired) electrons. The zero-order valence-electron chi connectivity index (χ0n) is 13.2. The highest BCUT2D eigenvalue weighted by molar-refractivity contribution is 6.49. The maximum Gasteiger partial charge on any atom is 0.0411 e. The van der Waals surface area contributed by atoms with E-state index in [1.165, 1.54) is 5.56 Å². The predicted octanol–water partition coefficient (Wildman–Crippen LogP) is 4.02. The van der Waals surface area contributed by atoms with E-state index in [1.807, 2.05) is 37.3 Å². The van der Waals surface area contributed by atoms with Gasteiger partial charge in [0.2, 0.25) is 0 Å². The van der Waals surface area contributed by atoms with Crippen LogP contribution in [0.3, 0.4) is 0 Å². The first-order valence-electron chi connectivity index (χ1n) is 7.04. The molecule has 108 valence electrons. The number of allylic oxidation sites excluding steroid dienone is 6. The molecule has 1 rings (SSSR count). The normalized spacial score (nSPS) is 11.8. The molecule has 1 aromatic carbocycles. The molecular weight excluding hydrogens is 296 g/mol. The van der Waals surface area contributed by atoms with E-state index in [1.54, 1.807) is 6.08 Å². The lowest BCUT2D eigenvalue weighted by Gasteiger charge is -2.04. The second-order valence-corrected chi connectivity index (χ2v) is 6.28. The number of hydrogen-bond donors (Lipinski definition) is 0. The van der Waals surface area contributed by atoms with Gasteiger partial charge in [-0.05, 0) is 35.7 Å². The summed E-state index contributed by atoms with van der Waals surface area (Å²) in [7, 11) is 7.16. The van der Waals surface area contributed by atoms with Crippen molar-refractivity contribution in [2.45, 2.75) is 13.8 Å². The summed E-state index contributed by atoms with van der Waals surface area (Å²) < 4.78 is 0. The second kappa shape index (κ2) is 9.18. The third-order valence-corrected chi connectivity index (χ3v) is 3.64. The van der Waals surface area contributed by atoms with E-state index in [4.69, 9.17) is 0 Å². The highest BCUT2D eigenvalue weighted by atomic mass is 28.1. The van der Waals surface area contributed by atoms with E-state index in [0.29, 0.717) is 0 Å². The van der Waals surface area contributed by atoms with E-state index < -0.39 is 0 Å². The van der Waals surface area contributed by atoms with Crippen LogP contribution in [0.2, 0.25) is 0 Å². The summed E-state index contributed by atoms with van der Waals surface area (Å²) in [6, 6.07) is 6.32. The molecule has 0 nitrogen and oxygen atoms in total. The zero-order valence-corrected chi connectivity index (χ0v) is 15.2. The molecule has 0 bridgehead atoms. The molecule has 0 N–H and O–H groups in total. The van der Waals surface area contributed by atoms with Crippen LogP contribution in [0.4, 0.5) is 0 Å². The van der Waals surface area contributed by atoms with E-state index in [0.717, 1.165) is 27.0 Å². The summed E-state index contributed by atoms with van der Waals surface area (Å²) in [5, 5.41) is 2.05. The summed E-state index contributed by atoms with van der Waals surface area (Å²) in [5.41, 5.74) is 4.55. The summed E-state index contributed by atoms with van der Waals surface area (Å²) in [4.78, 5) is 0. The Morgan fingerprint density at radius 2 is 1.77 bits per heavy atom. The molecule has 0 fully saturated rings. The van der Waals surface area contributed by atoms with Crippen LogP contribution in [0.1, 0.15) is 23.6 Å². The fraction of sp³-hybridized carbons (Fsp3) is 0.100. The van der Waals surface area contributed by atoms with Crippen LogP contribution in [0, 0.1) is 6.92 Å². The Labute approximate surface area is 140 Å². The first-order chi connectivity index (χ1) is 10.5. The first kappa shape index (κ1) is 18.1. The van der Waals surface area contributed by atoms with E-state index >= 15 is 0 Å². The Bertz CT molecular complexity index is 686. The predicted molar refractivity (Wildman–Crippen MR) is 105 cm³/mol. The van der Waals surface area contributed by atoms with Crippen LogP contribution < -0.4 is 0 Å². The van der Waals surface area contributed by atoms with Gasteiger partial charge in [-0.3, -0.25) is 0 Å². The first-order valence-corrected chi connectivity index (χ1v) is 8.04. The lowest BCUT2D eigenvalue weighted by Crippen LogP contribution is -1.98. The number of hydrogen-bond acceptors (Lipinski definition) is 0. The molecule has 0 amide bonds. The van der Waals surface area contributed by atoms with Gasteiger partial charge in [0, 0.05) is 19.7 Å². The van der Waals surface area contributed by atoms with Gasteiger partial charge < -0.3 is 0 Å². The molecule has 0 aliphatic heterocycles. The third-order valence-electron chi connectivity index (χ3n) is 3.01. The molecule has 0 aromatic heterocycles. The van der Waals surface area contributed by atoms with Gasteiger partial charge in [-0.15, -0.1) is 0 Å². The Kier molecular flexibility index (Phi) is 7.57. The highest BCUT2D eigenvalue weighted by Gasteiger charge is 1.98. The zero-order chi connectivity index (χ0) is 16.5. The molecule has 0 heterocycles. The molecule has 0 saturated carbocycles. The standard InChI is InChI=1S/C20H20Si2/c1-5-7-18(11-9-16(4)21)20(22)13-12-19-14-15(3)8-10-17(19)6-2/h5-14H,1-2H2,3-4H3/b11-9-,13-12-,18-7+. The molecule has 0 atom stereocenters. The Hall–Kier alpha value is -1.91. The van der Waals surface area contributed by atoms with Gasteiger partial charge in [-0.2, -0.15) is 0 Å². The summed E-state index contributed by atoms with van der Waals surface area (Å²) in [6.07, 6.45) is 13.8. The SMILES string of the molecule is C=C/C=C(\C=C/C(C)=[Si])C(=[Si])/C=C\c1cc(C)ccc1C=C. The Morgan fingerprint density at radius 3 is 2.36 bits per heavy atom. The maximum atomic E-state index is 3.86. The smallest absolute Gasteiger partial charge is 0.0411 e. The monoisotopic (exact) mass is 316 g/mol. The van der Waals surface area contributed by atoms with Crippen molar-refractivity contribution in [2.24, 2.45) is 0 Å². The van der Waals surface area contributed by atoms with Crippen molar-refractivity contribution in [3.63, 3.8) is 0 Å². The van der Waals surface area contributed by atoms with Crippen LogP contribution in [-0.4, -0.2) is 30.0 Å². The van der Waals surface area contributed by atoms with Crippen molar-refractivity contribution < 1.29 is 0 Å². The molecule has 2 heteroatoms. The molecule has 0 aliphatic rings. The van der Waals surface area contributed by atoms with Gasteiger partial charge in [0.05, 0.1) is 0 Å².